The largest absolute Gasteiger partial charge is 0.508 e. The van der Waals surface area contributed by atoms with Crippen molar-refractivity contribution in [1.29, 1.82) is 0 Å². The van der Waals surface area contributed by atoms with Gasteiger partial charge in [-0.15, -0.1) is 0 Å². The van der Waals surface area contributed by atoms with Crippen molar-refractivity contribution in [2.75, 3.05) is 52.3 Å². The van der Waals surface area contributed by atoms with Gasteiger partial charge in [-0.3, -0.25) is 4.90 Å². The molecule has 0 amide bonds. The molecule has 1 aliphatic carbocycles. The van der Waals surface area contributed by atoms with Gasteiger partial charge in [-0.2, -0.15) is 0 Å². The fraction of sp³-hybridized carbons (Fsp3) is 0.500. The number of hydrogen-bond acceptors (Lipinski definition) is 6. The van der Waals surface area contributed by atoms with Crippen molar-refractivity contribution in [2.24, 2.45) is 0 Å². The third-order valence-electron chi connectivity index (χ3n) is 8.92. The van der Waals surface area contributed by atoms with E-state index in [2.05, 4.69) is 52.7 Å². The minimum atomic E-state index is 0.348. The van der Waals surface area contributed by atoms with Crippen molar-refractivity contribution in [1.82, 2.24) is 4.90 Å². The van der Waals surface area contributed by atoms with E-state index < -0.39 is 0 Å². The summed E-state index contributed by atoms with van der Waals surface area (Å²) in [4.78, 5) is 2.56. The van der Waals surface area contributed by atoms with Crippen LogP contribution in [-0.2, 0) is 19.3 Å². The number of phenols is 1. The van der Waals surface area contributed by atoms with Gasteiger partial charge in [-0.05, 0) is 117 Å². The molecule has 0 spiro atoms. The lowest BCUT2D eigenvalue weighted by Crippen LogP contribution is -2.31. The number of ether oxygens (including phenoxy) is 3. The van der Waals surface area contributed by atoms with E-state index in [1.165, 1.54) is 67.4 Å². The van der Waals surface area contributed by atoms with E-state index in [1.807, 2.05) is 6.07 Å². The Labute approximate surface area is 252 Å². The Bertz CT molecular complexity index is 1270. The zero-order chi connectivity index (χ0) is 29.1. The normalized spacial score (nSPS) is 17.5. The number of benzene rings is 3. The van der Waals surface area contributed by atoms with Crippen molar-refractivity contribution >= 4 is 5.69 Å². The number of phenolic OH excluding ortho intramolecular Hbond substituents is 1. The van der Waals surface area contributed by atoms with E-state index in [-0.39, 0.29) is 0 Å². The van der Waals surface area contributed by atoms with Crippen molar-refractivity contribution in [3.8, 4) is 23.0 Å². The van der Waals surface area contributed by atoms with Crippen LogP contribution in [0.3, 0.4) is 0 Å². The SMILES string of the molecule is COc1cc(NCCCc2ccc(OCCN3CCCCCCC3)cc2)c(C2CCc3cc(O)ccc3C2)cc1OC. The summed E-state index contributed by atoms with van der Waals surface area (Å²) in [5, 5.41) is 13.6. The van der Waals surface area contributed by atoms with Gasteiger partial charge < -0.3 is 24.6 Å². The molecule has 42 heavy (non-hydrogen) atoms. The summed E-state index contributed by atoms with van der Waals surface area (Å²) < 4.78 is 17.4. The first kappa shape index (κ1) is 30.1. The lowest BCUT2D eigenvalue weighted by atomic mass is 9.79. The second kappa shape index (κ2) is 15.2. The number of rotatable bonds is 12. The Balaban J connectivity index is 1.13. The molecule has 0 radical (unpaired) electrons. The minimum Gasteiger partial charge on any atom is -0.508 e. The lowest BCUT2D eigenvalue weighted by molar-refractivity contribution is 0.195. The number of methoxy groups -OCH3 is 2. The van der Waals surface area contributed by atoms with Crippen molar-refractivity contribution < 1.29 is 19.3 Å². The molecule has 1 saturated heterocycles. The highest BCUT2D eigenvalue weighted by molar-refractivity contribution is 5.62. The first-order chi connectivity index (χ1) is 20.6. The van der Waals surface area contributed by atoms with Gasteiger partial charge in [-0.1, -0.05) is 37.5 Å². The number of anilines is 1. The molecule has 1 unspecified atom stereocenters. The van der Waals surface area contributed by atoms with E-state index in [9.17, 15) is 5.11 Å². The fourth-order valence-corrected chi connectivity index (χ4v) is 6.49. The molecule has 5 rings (SSSR count). The Hall–Kier alpha value is -3.38. The van der Waals surface area contributed by atoms with Crippen LogP contribution in [0, 0.1) is 0 Å². The van der Waals surface area contributed by atoms with Crippen LogP contribution >= 0.6 is 0 Å². The van der Waals surface area contributed by atoms with Gasteiger partial charge in [0.05, 0.1) is 14.2 Å². The van der Waals surface area contributed by atoms with E-state index in [1.54, 1.807) is 20.3 Å². The van der Waals surface area contributed by atoms with Gasteiger partial charge in [0, 0.05) is 24.8 Å². The molecule has 226 valence electrons. The number of aromatic hydroxyl groups is 1. The van der Waals surface area contributed by atoms with Crippen LogP contribution in [0.25, 0.3) is 0 Å². The molecule has 1 aliphatic heterocycles. The van der Waals surface area contributed by atoms with Crippen molar-refractivity contribution in [3.63, 3.8) is 0 Å². The number of hydrogen-bond donors (Lipinski definition) is 2. The smallest absolute Gasteiger partial charge is 0.162 e. The first-order valence-corrected chi connectivity index (χ1v) is 15.9. The molecule has 0 aromatic heterocycles. The van der Waals surface area contributed by atoms with Gasteiger partial charge in [0.25, 0.3) is 0 Å². The van der Waals surface area contributed by atoms with Crippen LogP contribution in [0.1, 0.15) is 73.1 Å². The molecule has 1 fully saturated rings. The number of fused-ring (bicyclic) bond motifs is 1. The molecule has 1 atom stereocenters. The highest BCUT2D eigenvalue weighted by atomic mass is 16.5. The summed E-state index contributed by atoms with van der Waals surface area (Å²) in [7, 11) is 3.38. The second-order valence-corrected chi connectivity index (χ2v) is 11.8. The minimum absolute atomic E-state index is 0.348. The zero-order valence-corrected chi connectivity index (χ0v) is 25.5. The van der Waals surface area contributed by atoms with Crippen LogP contribution in [0.2, 0.25) is 0 Å². The zero-order valence-electron chi connectivity index (χ0n) is 25.5. The average molecular weight is 573 g/mol. The highest BCUT2D eigenvalue weighted by Gasteiger charge is 2.24. The molecular formula is C36H48N2O4. The molecular weight excluding hydrogens is 524 g/mol. The Morgan fingerprint density at radius 1 is 0.857 bits per heavy atom. The van der Waals surface area contributed by atoms with Gasteiger partial charge in [0.2, 0.25) is 0 Å². The summed E-state index contributed by atoms with van der Waals surface area (Å²) in [5.74, 6) is 3.19. The summed E-state index contributed by atoms with van der Waals surface area (Å²) in [6.07, 6.45) is 11.7. The summed E-state index contributed by atoms with van der Waals surface area (Å²) in [6, 6.07) is 18.6. The summed E-state index contributed by atoms with van der Waals surface area (Å²) >= 11 is 0. The fourth-order valence-electron chi connectivity index (χ4n) is 6.49. The van der Waals surface area contributed by atoms with Crippen LogP contribution in [0.15, 0.2) is 54.6 Å². The van der Waals surface area contributed by atoms with E-state index in [0.29, 0.717) is 11.7 Å². The maximum Gasteiger partial charge on any atom is 0.162 e. The first-order valence-electron chi connectivity index (χ1n) is 15.9. The van der Waals surface area contributed by atoms with E-state index >= 15 is 0 Å². The predicted molar refractivity (Wildman–Crippen MR) is 171 cm³/mol. The average Bonchev–Trinajstić information content (AvgIpc) is 3.00. The highest BCUT2D eigenvalue weighted by Crippen LogP contribution is 2.42. The molecule has 3 aromatic carbocycles. The van der Waals surface area contributed by atoms with Gasteiger partial charge in [-0.25, -0.2) is 0 Å². The molecule has 2 aliphatic rings. The number of nitrogens with zero attached hydrogens (tertiary/aromatic N) is 1. The third kappa shape index (κ3) is 8.13. The lowest BCUT2D eigenvalue weighted by Gasteiger charge is -2.28. The number of aryl methyl sites for hydroxylation is 2. The molecule has 1 heterocycles. The van der Waals surface area contributed by atoms with Crippen molar-refractivity contribution in [2.45, 2.75) is 70.1 Å². The Kier molecular flexibility index (Phi) is 10.9. The van der Waals surface area contributed by atoms with Crippen LogP contribution in [-0.4, -0.2) is 57.0 Å². The molecule has 3 aromatic rings. The summed E-state index contributed by atoms with van der Waals surface area (Å²) in [6.45, 7) is 5.06. The standard InChI is InChI=1S/C36H48N2O4/c1-40-35-25-33(30-13-12-29-24-31(39)15-14-28(29)23-30)34(26-36(35)41-2)37-18-8-9-27-10-16-32(17-11-27)42-22-21-38-19-6-4-3-5-7-20-38/h10-11,14-17,24-26,30,37,39H,3-9,12-13,18-23H2,1-2H3. The quantitative estimate of drug-likeness (QED) is 0.221. The Morgan fingerprint density at radius 2 is 1.60 bits per heavy atom. The van der Waals surface area contributed by atoms with Crippen LogP contribution in [0.4, 0.5) is 5.69 Å². The monoisotopic (exact) mass is 572 g/mol. The number of nitrogens with one attached hydrogen (secondary N) is 1. The molecule has 6 heteroatoms. The van der Waals surface area contributed by atoms with Crippen LogP contribution < -0.4 is 19.5 Å². The topological polar surface area (TPSA) is 63.2 Å². The van der Waals surface area contributed by atoms with Gasteiger partial charge in [0.15, 0.2) is 11.5 Å². The molecule has 0 saturated carbocycles. The van der Waals surface area contributed by atoms with Crippen molar-refractivity contribution in [3.05, 3.63) is 76.9 Å². The maximum atomic E-state index is 9.90. The Morgan fingerprint density at radius 3 is 2.36 bits per heavy atom. The van der Waals surface area contributed by atoms with E-state index in [0.717, 1.165) is 74.7 Å². The molecule has 0 bridgehead atoms. The molecule has 6 nitrogen and oxygen atoms in total. The summed E-state index contributed by atoms with van der Waals surface area (Å²) in [5.41, 5.74) is 6.28. The van der Waals surface area contributed by atoms with E-state index in [4.69, 9.17) is 14.2 Å². The van der Waals surface area contributed by atoms with Gasteiger partial charge in [0.1, 0.15) is 18.1 Å². The molecule has 2 N–H and O–H groups in total. The second-order valence-electron chi connectivity index (χ2n) is 11.8. The van der Waals surface area contributed by atoms with Gasteiger partial charge >= 0.3 is 0 Å². The maximum absolute atomic E-state index is 9.90. The predicted octanol–water partition coefficient (Wildman–Crippen LogP) is 7.37. The third-order valence-corrected chi connectivity index (χ3v) is 8.92. The van der Waals surface area contributed by atoms with Crippen LogP contribution in [0.5, 0.6) is 23.0 Å². The number of likely N-dealkylation sites (tertiary alicyclic amines) is 1.